The monoisotopic (exact) mass is 232 g/mol. The number of aryl methyl sites for hydroxylation is 1. The lowest BCUT2D eigenvalue weighted by atomic mass is 10.3. The van der Waals surface area contributed by atoms with Crippen LogP contribution in [0, 0.1) is 6.92 Å². The zero-order valence-electron chi connectivity index (χ0n) is 9.03. The van der Waals surface area contributed by atoms with Crippen molar-refractivity contribution in [3.63, 3.8) is 0 Å². The van der Waals surface area contributed by atoms with Gasteiger partial charge >= 0.3 is 0 Å². The second-order valence-corrected chi connectivity index (χ2v) is 3.22. The zero-order chi connectivity index (χ0) is 10.6. The molecule has 0 bridgehead atoms. The van der Waals surface area contributed by atoms with Crippen LogP contribution >= 0.6 is 12.4 Å². The molecular weight excluding hydrogens is 216 g/mol. The Morgan fingerprint density at radius 1 is 1.47 bits per heavy atom. The van der Waals surface area contributed by atoms with Crippen LogP contribution in [-0.2, 0) is 7.05 Å². The van der Waals surface area contributed by atoms with Crippen molar-refractivity contribution in [3.05, 3.63) is 28.2 Å². The van der Waals surface area contributed by atoms with Crippen molar-refractivity contribution in [3.8, 4) is 5.75 Å². The molecule has 1 aromatic rings. The molecule has 5 heteroatoms. The normalized spacial score (nSPS) is 9.53. The molecule has 0 spiro atoms. The van der Waals surface area contributed by atoms with E-state index in [0.29, 0.717) is 18.9 Å². The van der Waals surface area contributed by atoms with Gasteiger partial charge in [0, 0.05) is 18.8 Å². The minimum Gasteiger partial charge on any atom is -0.493 e. The van der Waals surface area contributed by atoms with Gasteiger partial charge in [-0.15, -0.1) is 12.4 Å². The molecule has 0 unspecified atom stereocenters. The fourth-order valence-corrected chi connectivity index (χ4v) is 1.09. The summed E-state index contributed by atoms with van der Waals surface area (Å²) in [4.78, 5) is 11.4. The van der Waals surface area contributed by atoms with E-state index in [2.05, 4.69) is 0 Å². The molecule has 2 N–H and O–H groups in total. The van der Waals surface area contributed by atoms with E-state index in [4.69, 9.17) is 10.5 Å². The molecule has 1 rings (SSSR count). The topological polar surface area (TPSA) is 57.2 Å². The average Bonchev–Trinajstić information content (AvgIpc) is 2.14. The number of hydrogen-bond acceptors (Lipinski definition) is 3. The van der Waals surface area contributed by atoms with E-state index in [-0.39, 0.29) is 18.0 Å². The first-order chi connectivity index (χ1) is 6.65. The Morgan fingerprint density at radius 3 is 2.67 bits per heavy atom. The third-order valence-electron chi connectivity index (χ3n) is 2.09. The molecule has 0 atom stereocenters. The predicted molar refractivity (Wildman–Crippen MR) is 62.8 cm³/mol. The van der Waals surface area contributed by atoms with Crippen molar-refractivity contribution >= 4 is 12.4 Å². The lowest BCUT2D eigenvalue weighted by Crippen LogP contribution is -2.18. The van der Waals surface area contributed by atoms with E-state index in [1.165, 1.54) is 6.07 Å². The minimum atomic E-state index is -0.0484. The Hall–Kier alpha value is -1.00. The van der Waals surface area contributed by atoms with Gasteiger partial charge in [-0.2, -0.15) is 0 Å². The van der Waals surface area contributed by atoms with Gasteiger partial charge in [0.1, 0.15) is 5.75 Å². The molecule has 0 aromatic carbocycles. The van der Waals surface area contributed by atoms with E-state index < -0.39 is 0 Å². The van der Waals surface area contributed by atoms with Gasteiger partial charge in [0.05, 0.1) is 6.61 Å². The first kappa shape index (κ1) is 14.0. The fraction of sp³-hybridized carbons (Fsp3) is 0.500. The van der Waals surface area contributed by atoms with Gasteiger partial charge in [-0.05, 0) is 26.0 Å². The Labute approximate surface area is 95.5 Å². The summed E-state index contributed by atoms with van der Waals surface area (Å²) in [5, 5.41) is 0. The average molecular weight is 233 g/mol. The first-order valence-corrected chi connectivity index (χ1v) is 4.65. The highest BCUT2D eigenvalue weighted by Gasteiger charge is 2.00. The highest BCUT2D eigenvalue weighted by atomic mass is 35.5. The van der Waals surface area contributed by atoms with E-state index in [0.717, 1.165) is 12.1 Å². The zero-order valence-corrected chi connectivity index (χ0v) is 9.84. The largest absolute Gasteiger partial charge is 0.493 e. The molecular formula is C10H17ClN2O2. The Balaban J connectivity index is 0.00000196. The molecule has 4 nitrogen and oxygen atoms in total. The number of nitrogens with two attached hydrogens (primary N) is 1. The molecule has 0 amide bonds. The maximum Gasteiger partial charge on any atom is 0.254 e. The maximum atomic E-state index is 11.4. The van der Waals surface area contributed by atoms with Gasteiger partial charge in [0.25, 0.3) is 5.56 Å². The van der Waals surface area contributed by atoms with Crippen molar-refractivity contribution in [1.82, 2.24) is 4.57 Å². The summed E-state index contributed by atoms with van der Waals surface area (Å²) >= 11 is 0. The number of aromatic nitrogens is 1. The standard InChI is InChI=1S/C10H16N2O2.ClH/c1-8-6-9(14-5-3-4-11)7-10(13)12(8)2;/h6-7H,3-5,11H2,1-2H3;1H. The summed E-state index contributed by atoms with van der Waals surface area (Å²) in [7, 11) is 1.74. The molecule has 15 heavy (non-hydrogen) atoms. The Kier molecular flexibility index (Phi) is 6.05. The molecule has 0 radical (unpaired) electrons. The summed E-state index contributed by atoms with van der Waals surface area (Å²) in [6, 6.07) is 3.33. The van der Waals surface area contributed by atoms with Crippen LogP contribution in [0.15, 0.2) is 16.9 Å². The molecule has 0 aliphatic heterocycles. The smallest absolute Gasteiger partial charge is 0.254 e. The van der Waals surface area contributed by atoms with Gasteiger partial charge in [-0.3, -0.25) is 4.79 Å². The third kappa shape index (κ3) is 3.93. The number of pyridine rings is 1. The minimum absolute atomic E-state index is 0. The first-order valence-electron chi connectivity index (χ1n) is 4.65. The number of nitrogens with zero attached hydrogens (tertiary/aromatic N) is 1. The van der Waals surface area contributed by atoms with E-state index in [9.17, 15) is 4.79 Å². The van der Waals surface area contributed by atoms with Crippen molar-refractivity contribution in [2.24, 2.45) is 12.8 Å². The lowest BCUT2D eigenvalue weighted by Gasteiger charge is -2.08. The van der Waals surface area contributed by atoms with Crippen LogP contribution < -0.4 is 16.0 Å². The molecule has 86 valence electrons. The highest BCUT2D eigenvalue weighted by molar-refractivity contribution is 5.85. The molecule has 0 saturated carbocycles. The van der Waals surface area contributed by atoms with Crippen LogP contribution in [-0.4, -0.2) is 17.7 Å². The van der Waals surface area contributed by atoms with Crippen molar-refractivity contribution < 1.29 is 4.74 Å². The van der Waals surface area contributed by atoms with Gasteiger partial charge in [0.2, 0.25) is 0 Å². The fourth-order valence-electron chi connectivity index (χ4n) is 1.09. The Morgan fingerprint density at radius 2 is 2.13 bits per heavy atom. The van der Waals surface area contributed by atoms with Crippen LogP contribution in [0.4, 0.5) is 0 Å². The number of halogens is 1. The molecule has 1 aromatic heterocycles. The lowest BCUT2D eigenvalue weighted by molar-refractivity contribution is 0.312. The van der Waals surface area contributed by atoms with Crippen molar-refractivity contribution in [1.29, 1.82) is 0 Å². The van der Waals surface area contributed by atoms with E-state index in [1.807, 2.05) is 13.0 Å². The van der Waals surface area contributed by atoms with Crippen LogP contribution in [0.2, 0.25) is 0 Å². The van der Waals surface area contributed by atoms with E-state index >= 15 is 0 Å². The van der Waals surface area contributed by atoms with Crippen molar-refractivity contribution in [2.45, 2.75) is 13.3 Å². The molecule has 0 aliphatic rings. The predicted octanol–water partition coefficient (Wildman–Crippen LogP) is 0.843. The van der Waals surface area contributed by atoms with Gasteiger partial charge in [-0.25, -0.2) is 0 Å². The van der Waals surface area contributed by atoms with Gasteiger partial charge < -0.3 is 15.0 Å². The molecule has 0 saturated heterocycles. The summed E-state index contributed by atoms with van der Waals surface area (Å²) in [6.45, 7) is 3.03. The summed E-state index contributed by atoms with van der Waals surface area (Å²) in [5.41, 5.74) is 6.17. The van der Waals surface area contributed by atoms with Crippen molar-refractivity contribution in [2.75, 3.05) is 13.2 Å². The number of ether oxygens (including phenoxy) is 1. The molecule has 1 heterocycles. The van der Waals surface area contributed by atoms with E-state index in [1.54, 1.807) is 11.6 Å². The second kappa shape index (κ2) is 6.48. The SMILES string of the molecule is Cc1cc(OCCCN)cc(=O)n1C.Cl. The number of rotatable bonds is 4. The molecule has 0 aliphatic carbocycles. The maximum absolute atomic E-state index is 11.4. The molecule has 0 fully saturated rings. The highest BCUT2D eigenvalue weighted by Crippen LogP contribution is 2.08. The quantitative estimate of drug-likeness (QED) is 0.783. The summed E-state index contributed by atoms with van der Waals surface area (Å²) in [6.07, 6.45) is 0.800. The van der Waals surface area contributed by atoms with Crippen LogP contribution in [0.5, 0.6) is 5.75 Å². The van der Waals surface area contributed by atoms with Crippen LogP contribution in [0.1, 0.15) is 12.1 Å². The van der Waals surface area contributed by atoms with Crippen LogP contribution in [0.25, 0.3) is 0 Å². The second-order valence-electron chi connectivity index (χ2n) is 3.22. The summed E-state index contributed by atoms with van der Waals surface area (Å²) < 4.78 is 6.95. The third-order valence-corrected chi connectivity index (χ3v) is 2.09. The van der Waals surface area contributed by atoms with Crippen LogP contribution in [0.3, 0.4) is 0 Å². The Bertz CT molecular complexity index is 363. The van der Waals surface area contributed by atoms with Gasteiger partial charge in [0.15, 0.2) is 0 Å². The number of hydrogen-bond donors (Lipinski definition) is 1. The van der Waals surface area contributed by atoms with Gasteiger partial charge in [-0.1, -0.05) is 0 Å². The summed E-state index contributed by atoms with van der Waals surface area (Å²) in [5.74, 6) is 0.624.